The minimum Gasteiger partial charge on any atom is -0.286 e. The lowest BCUT2D eigenvalue weighted by molar-refractivity contribution is -0.118. The molecule has 1 aromatic carbocycles. The van der Waals surface area contributed by atoms with Crippen molar-refractivity contribution < 1.29 is 9.59 Å². The van der Waals surface area contributed by atoms with Crippen LogP contribution < -0.4 is 5.32 Å². The zero-order valence-corrected chi connectivity index (χ0v) is 9.27. The fourth-order valence-electron chi connectivity index (χ4n) is 1.41. The summed E-state index contributed by atoms with van der Waals surface area (Å²) in [4.78, 5) is 22.2. The standard InChI is InChI=1S/C10H8ClNO2S/c11-7-3-1-2-6(4-7)5-8-9(13)12-10(14)15-8/h1-4,8H,5H2,(H,12,13,14). The fourth-order valence-corrected chi connectivity index (χ4v) is 2.48. The molecule has 1 heterocycles. The van der Waals surface area contributed by atoms with Crippen molar-refractivity contribution >= 4 is 34.5 Å². The summed E-state index contributed by atoms with van der Waals surface area (Å²) in [5, 5.41) is 2.30. The van der Waals surface area contributed by atoms with Crippen molar-refractivity contribution in [2.45, 2.75) is 11.7 Å². The van der Waals surface area contributed by atoms with Gasteiger partial charge in [-0.2, -0.15) is 0 Å². The molecule has 0 radical (unpaired) electrons. The smallest absolute Gasteiger partial charge is 0.286 e. The number of amides is 2. The Bertz CT molecular complexity index is 422. The van der Waals surface area contributed by atoms with Gasteiger partial charge in [-0.3, -0.25) is 14.9 Å². The quantitative estimate of drug-likeness (QED) is 0.864. The predicted octanol–water partition coefficient (Wildman–Crippen LogP) is 2.23. The number of carbonyl (C=O) groups excluding carboxylic acids is 2. The van der Waals surface area contributed by atoms with Gasteiger partial charge in [0.15, 0.2) is 0 Å². The fraction of sp³-hybridized carbons (Fsp3) is 0.200. The Morgan fingerprint density at radius 2 is 2.20 bits per heavy atom. The highest BCUT2D eigenvalue weighted by atomic mass is 35.5. The van der Waals surface area contributed by atoms with Gasteiger partial charge in [0, 0.05) is 5.02 Å². The highest BCUT2D eigenvalue weighted by Gasteiger charge is 2.31. The summed E-state index contributed by atoms with van der Waals surface area (Å²) in [6, 6.07) is 7.30. The predicted molar refractivity (Wildman–Crippen MR) is 60.1 cm³/mol. The average molecular weight is 242 g/mol. The molecule has 1 aromatic rings. The van der Waals surface area contributed by atoms with Gasteiger partial charge in [0.1, 0.15) is 0 Å². The Labute approximate surface area is 96.2 Å². The molecule has 1 aliphatic rings. The average Bonchev–Trinajstić information content (AvgIpc) is 2.45. The first-order valence-electron chi connectivity index (χ1n) is 4.41. The molecule has 0 aliphatic carbocycles. The van der Waals surface area contributed by atoms with Crippen LogP contribution in [0, 0.1) is 0 Å². The molecule has 0 saturated carbocycles. The van der Waals surface area contributed by atoms with Crippen molar-refractivity contribution in [3.63, 3.8) is 0 Å². The first-order chi connectivity index (χ1) is 7.15. The molecule has 0 bridgehead atoms. The maximum atomic E-state index is 11.3. The van der Waals surface area contributed by atoms with Gasteiger partial charge >= 0.3 is 0 Å². The van der Waals surface area contributed by atoms with Gasteiger partial charge in [0.05, 0.1) is 5.25 Å². The van der Waals surface area contributed by atoms with Crippen molar-refractivity contribution in [3.05, 3.63) is 34.9 Å². The van der Waals surface area contributed by atoms with Crippen LogP contribution >= 0.6 is 23.4 Å². The second-order valence-electron chi connectivity index (χ2n) is 3.22. The number of thioether (sulfide) groups is 1. The van der Waals surface area contributed by atoms with Crippen molar-refractivity contribution in [2.24, 2.45) is 0 Å². The number of rotatable bonds is 2. The van der Waals surface area contributed by atoms with Crippen molar-refractivity contribution in [1.29, 1.82) is 0 Å². The lowest BCUT2D eigenvalue weighted by atomic mass is 10.1. The van der Waals surface area contributed by atoms with E-state index in [0.29, 0.717) is 11.4 Å². The van der Waals surface area contributed by atoms with E-state index in [1.165, 1.54) is 0 Å². The van der Waals surface area contributed by atoms with E-state index in [9.17, 15) is 9.59 Å². The number of hydrogen-bond acceptors (Lipinski definition) is 3. The number of hydrogen-bond donors (Lipinski definition) is 1. The summed E-state index contributed by atoms with van der Waals surface area (Å²) in [6.45, 7) is 0. The first-order valence-corrected chi connectivity index (χ1v) is 5.67. The van der Waals surface area contributed by atoms with Gasteiger partial charge in [0.25, 0.3) is 5.24 Å². The topological polar surface area (TPSA) is 46.2 Å². The largest absolute Gasteiger partial charge is 0.286 e. The Morgan fingerprint density at radius 1 is 1.40 bits per heavy atom. The van der Waals surface area contributed by atoms with Crippen LogP contribution in [-0.4, -0.2) is 16.4 Å². The van der Waals surface area contributed by atoms with Gasteiger partial charge in [-0.05, 0) is 24.1 Å². The Morgan fingerprint density at radius 3 is 2.80 bits per heavy atom. The van der Waals surface area contributed by atoms with E-state index in [-0.39, 0.29) is 16.4 Å². The SMILES string of the molecule is O=C1NC(=O)C(Cc2cccc(Cl)c2)S1. The number of benzene rings is 1. The Balaban J connectivity index is 2.09. The minimum absolute atomic E-state index is 0.218. The van der Waals surface area contributed by atoms with E-state index in [1.807, 2.05) is 12.1 Å². The van der Waals surface area contributed by atoms with Gasteiger partial charge < -0.3 is 0 Å². The van der Waals surface area contributed by atoms with Crippen LogP contribution in [0.25, 0.3) is 0 Å². The summed E-state index contributed by atoms with van der Waals surface area (Å²) in [5.74, 6) is -0.218. The summed E-state index contributed by atoms with van der Waals surface area (Å²) in [6.07, 6.45) is 0.531. The van der Waals surface area contributed by atoms with Crippen molar-refractivity contribution in [1.82, 2.24) is 5.32 Å². The summed E-state index contributed by atoms with van der Waals surface area (Å²) in [5.41, 5.74) is 0.963. The maximum Gasteiger partial charge on any atom is 0.286 e. The second kappa shape index (κ2) is 4.24. The van der Waals surface area contributed by atoms with E-state index in [4.69, 9.17) is 11.6 Å². The highest BCUT2D eigenvalue weighted by Crippen LogP contribution is 2.23. The Kier molecular flexibility index (Phi) is 2.98. The normalized spacial score (nSPS) is 20.5. The third-order valence-corrected chi connectivity index (χ3v) is 3.29. The zero-order valence-electron chi connectivity index (χ0n) is 7.70. The molecule has 0 aromatic heterocycles. The summed E-state index contributed by atoms with van der Waals surface area (Å²) >= 11 is 6.85. The van der Waals surface area contributed by atoms with E-state index in [2.05, 4.69) is 5.32 Å². The van der Waals surface area contributed by atoms with Crippen molar-refractivity contribution in [3.8, 4) is 0 Å². The van der Waals surface area contributed by atoms with Crippen LogP contribution in [0.2, 0.25) is 5.02 Å². The maximum absolute atomic E-state index is 11.3. The van der Waals surface area contributed by atoms with Crippen LogP contribution in [-0.2, 0) is 11.2 Å². The number of imide groups is 1. The molecule has 2 amide bonds. The molecule has 2 rings (SSSR count). The van der Waals surface area contributed by atoms with Crippen LogP contribution in [0.4, 0.5) is 4.79 Å². The third kappa shape index (κ3) is 2.52. The summed E-state index contributed by atoms with van der Waals surface area (Å²) < 4.78 is 0. The molecule has 15 heavy (non-hydrogen) atoms. The van der Waals surface area contributed by atoms with E-state index < -0.39 is 0 Å². The molecule has 1 aliphatic heterocycles. The molecule has 5 heteroatoms. The van der Waals surface area contributed by atoms with Gasteiger partial charge in [-0.15, -0.1) is 0 Å². The highest BCUT2D eigenvalue weighted by molar-refractivity contribution is 8.15. The molecule has 1 atom stereocenters. The molecular formula is C10H8ClNO2S. The number of nitrogens with one attached hydrogen (secondary N) is 1. The monoisotopic (exact) mass is 241 g/mol. The second-order valence-corrected chi connectivity index (χ2v) is 4.83. The molecular weight excluding hydrogens is 234 g/mol. The van der Waals surface area contributed by atoms with Gasteiger partial charge in [-0.25, -0.2) is 0 Å². The zero-order chi connectivity index (χ0) is 10.8. The van der Waals surface area contributed by atoms with Crippen LogP contribution in [0.3, 0.4) is 0 Å². The lowest BCUT2D eigenvalue weighted by Crippen LogP contribution is -2.25. The van der Waals surface area contributed by atoms with Gasteiger partial charge in [-0.1, -0.05) is 35.5 Å². The lowest BCUT2D eigenvalue weighted by Gasteiger charge is -2.04. The molecule has 1 N–H and O–H groups in total. The molecule has 1 fully saturated rings. The Hall–Kier alpha value is -1.000. The van der Waals surface area contributed by atoms with Crippen molar-refractivity contribution in [2.75, 3.05) is 0 Å². The van der Waals surface area contributed by atoms with Crippen LogP contribution in [0.5, 0.6) is 0 Å². The van der Waals surface area contributed by atoms with E-state index >= 15 is 0 Å². The molecule has 1 saturated heterocycles. The van der Waals surface area contributed by atoms with E-state index in [1.54, 1.807) is 12.1 Å². The van der Waals surface area contributed by atoms with Crippen LogP contribution in [0.15, 0.2) is 24.3 Å². The van der Waals surface area contributed by atoms with Crippen LogP contribution in [0.1, 0.15) is 5.56 Å². The number of halogens is 1. The summed E-state index contributed by atoms with van der Waals surface area (Å²) in [7, 11) is 0. The third-order valence-electron chi connectivity index (χ3n) is 2.08. The molecule has 0 spiro atoms. The molecule has 78 valence electrons. The minimum atomic E-state index is -0.323. The molecule has 3 nitrogen and oxygen atoms in total. The first kappa shape index (κ1) is 10.5. The number of carbonyl (C=O) groups is 2. The van der Waals surface area contributed by atoms with E-state index in [0.717, 1.165) is 17.3 Å². The molecule has 1 unspecified atom stereocenters. The van der Waals surface area contributed by atoms with Gasteiger partial charge in [0.2, 0.25) is 5.91 Å².